The molecule has 5 nitrogen and oxygen atoms in total. The second-order valence-corrected chi connectivity index (χ2v) is 4.93. The molecule has 0 aliphatic heterocycles. The highest BCUT2D eigenvalue weighted by Gasteiger charge is 2.15. The Morgan fingerprint density at radius 1 is 1.35 bits per heavy atom. The number of carbonyl (C=O) groups is 2. The first-order valence-electron chi connectivity index (χ1n) is 6.87. The summed E-state index contributed by atoms with van der Waals surface area (Å²) in [6.07, 6.45) is 1.55. The summed E-state index contributed by atoms with van der Waals surface area (Å²) in [7, 11) is 0. The minimum Gasteiger partial charge on any atom is -0.348 e. The number of rotatable bonds is 6. The molecule has 2 atom stereocenters. The van der Waals surface area contributed by atoms with Crippen molar-refractivity contribution in [3.8, 4) is 0 Å². The summed E-state index contributed by atoms with van der Waals surface area (Å²) in [5, 5.41) is 5.60. The van der Waals surface area contributed by atoms with Crippen LogP contribution in [0.4, 0.5) is 5.69 Å². The van der Waals surface area contributed by atoms with Crippen LogP contribution in [-0.4, -0.2) is 17.9 Å². The third-order valence-electron chi connectivity index (χ3n) is 3.00. The van der Waals surface area contributed by atoms with Gasteiger partial charge in [0.15, 0.2) is 0 Å². The number of hydrogen-bond acceptors (Lipinski definition) is 3. The molecule has 1 aromatic carbocycles. The Hall–Kier alpha value is -1.88. The number of nitrogens with one attached hydrogen (secondary N) is 2. The van der Waals surface area contributed by atoms with Crippen LogP contribution < -0.4 is 16.4 Å². The van der Waals surface area contributed by atoms with Gasteiger partial charge in [0.1, 0.15) is 0 Å². The molecule has 0 saturated carbocycles. The Balaban J connectivity index is 2.69. The number of nitrogens with two attached hydrogens (primary N) is 1. The van der Waals surface area contributed by atoms with Crippen LogP contribution in [-0.2, 0) is 9.59 Å². The lowest BCUT2D eigenvalue weighted by atomic mass is 10.1. The number of carbonyl (C=O) groups excluding carboxylic acids is 2. The van der Waals surface area contributed by atoms with Crippen LogP contribution in [0.15, 0.2) is 24.3 Å². The zero-order valence-corrected chi connectivity index (χ0v) is 12.3. The smallest absolute Gasteiger partial charge is 0.237 e. The Kier molecular flexibility index (Phi) is 6.18. The molecule has 4 N–H and O–H groups in total. The zero-order chi connectivity index (χ0) is 15.1. The lowest BCUT2D eigenvalue weighted by Gasteiger charge is -2.18. The van der Waals surface area contributed by atoms with Crippen molar-refractivity contribution in [1.29, 1.82) is 0 Å². The average molecular weight is 277 g/mol. The summed E-state index contributed by atoms with van der Waals surface area (Å²) < 4.78 is 0. The van der Waals surface area contributed by atoms with Crippen LogP contribution >= 0.6 is 0 Å². The van der Waals surface area contributed by atoms with Gasteiger partial charge in [-0.1, -0.05) is 25.5 Å². The maximum atomic E-state index is 11.9. The number of anilines is 1. The summed E-state index contributed by atoms with van der Waals surface area (Å²) in [6.45, 7) is 5.35. The van der Waals surface area contributed by atoms with Gasteiger partial charge in [-0.2, -0.15) is 0 Å². The first-order chi connectivity index (χ1) is 9.43. The average Bonchev–Trinajstić information content (AvgIpc) is 2.38. The molecule has 0 aromatic heterocycles. The first kappa shape index (κ1) is 16.2. The lowest BCUT2D eigenvalue weighted by molar-refractivity contribution is -0.123. The van der Waals surface area contributed by atoms with Crippen LogP contribution in [0.25, 0.3) is 0 Å². The SMILES string of the molecule is CCC[C@@H](N)C(=O)NC(C)c1cccc(NC(C)=O)c1. The molecule has 5 heteroatoms. The molecule has 0 radical (unpaired) electrons. The van der Waals surface area contributed by atoms with E-state index in [0.29, 0.717) is 12.1 Å². The highest BCUT2D eigenvalue weighted by molar-refractivity contribution is 5.88. The Bertz CT molecular complexity index is 474. The van der Waals surface area contributed by atoms with E-state index in [-0.39, 0.29) is 17.9 Å². The number of hydrogen-bond donors (Lipinski definition) is 3. The minimum absolute atomic E-state index is 0.121. The highest BCUT2D eigenvalue weighted by atomic mass is 16.2. The van der Waals surface area contributed by atoms with Gasteiger partial charge in [-0.25, -0.2) is 0 Å². The predicted molar refractivity (Wildman–Crippen MR) is 80.2 cm³/mol. The molecule has 0 aliphatic rings. The molecule has 0 spiro atoms. The van der Waals surface area contributed by atoms with E-state index in [1.807, 2.05) is 38.1 Å². The van der Waals surface area contributed by atoms with Gasteiger partial charge < -0.3 is 16.4 Å². The summed E-state index contributed by atoms with van der Waals surface area (Å²) in [5.74, 6) is -0.270. The standard InChI is InChI=1S/C15H23N3O2/c1-4-6-14(16)15(20)17-10(2)12-7-5-8-13(9-12)18-11(3)19/h5,7-10,14H,4,6,16H2,1-3H3,(H,17,20)(H,18,19)/t10?,14-/m1/s1. The molecular formula is C15H23N3O2. The molecule has 1 aromatic rings. The first-order valence-corrected chi connectivity index (χ1v) is 6.87. The molecule has 1 rings (SSSR count). The van der Waals surface area contributed by atoms with Crippen LogP contribution in [0.2, 0.25) is 0 Å². The summed E-state index contributed by atoms with van der Waals surface area (Å²) >= 11 is 0. The van der Waals surface area contributed by atoms with Gasteiger partial charge in [0.2, 0.25) is 11.8 Å². The van der Waals surface area contributed by atoms with Gasteiger partial charge >= 0.3 is 0 Å². The predicted octanol–water partition coefficient (Wildman–Crippen LogP) is 1.95. The van der Waals surface area contributed by atoms with Gasteiger partial charge in [-0.15, -0.1) is 0 Å². The molecular weight excluding hydrogens is 254 g/mol. The van der Waals surface area contributed by atoms with Gasteiger partial charge in [0.05, 0.1) is 12.1 Å². The van der Waals surface area contributed by atoms with Gasteiger partial charge in [0.25, 0.3) is 0 Å². The second kappa shape index (κ2) is 7.65. The van der Waals surface area contributed by atoms with Crippen molar-refractivity contribution in [3.63, 3.8) is 0 Å². The van der Waals surface area contributed by atoms with E-state index in [1.54, 1.807) is 0 Å². The van der Waals surface area contributed by atoms with E-state index in [4.69, 9.17) is 5.73 Å². The Morgan fingerprint density at radius 2 is 2.05 bits per heavy atom. The minimum atomic E-state index is -0.471. The van der Waals surface area contributed by atoms with Crippen LogP contribution in [0.3, 0.4) is 0 Å². The van der Waals surface area contributed by atoms with Crippen molar-refractivity contribution >= 4 is 17.5 Å². The molecule has 2 amide bonds. The molecule has 20 heavy (non-hydrogen) atoms. The quantitative estimate of drug-likeness (QED) is 0.743. The molecule has 0 saturated heterocycles. The van der Waals surface area contributed by atoms with E-state index in [0.717, 1.165) is 12.0 Å². The van der Waals surface area contributed by atoms with Crippen molar-refractivity contribution in [1.82, 2.24) is 5.32 Å². The zero-order valence-electron chi connectivity index (χ0n) is 12.3. The van der Waals surface area contributed by atoms with Gasteiger partial charge in [-0.3, -0.25) is 9.59 Å². The monoisotopic (exact) mass is 277 g/mol. The molecule has 0 fully saturated rings. The summed E-state index contributed by atoms with van der Waals surface area (Å²) in [4.78, 5) is 22.9. The summed E-state index contributed by atoms with van der Waals surface area (Å²) in [6, 6.07) is 6.77. The van der Waals surface area contributed by atoms with Crippen LogP contribution in [0.5, 0.6) is 0 Å². The third kappa shape index (κ3) is 5.01. The fourth-order valence-corrected chi connectivity index (χ4v) is 1.93. The van der Waals surface area contributed by atoms with Crippen LogP contribution in [0, 0.1) is 0 Å². The maximum absolute atomic E-state index is 11.9. The van der Waals surface area contributed by atoms with Crippen molar-refractivity contribution < 1.29 is 9.59 Å². The highest BCUT2D eigenvalue weighted by Crippen LogP contribution is 2.17. The maximum Gasteiger partial charge on any atom is 0.237 e. The molecule has 1 unspecified atom stereocenters. The fourth-order valence-electron chi connectivity index (χ4n) is 1.93. The third-order valence-corrected chi connectivity index (χ3v) is 3.00. The Morgan fingerprint density at radius 3 is 2.65 bits per heavy atom. The molecule has 0 aliphatic carbocycles. The number of benzene rings is 1. The molecule has 0 bridgehead atoms. The van der Waals surface area contributed by atoms with Gasteiger partial charge in [0, 0.05) is 12.6 Å². The van der Waals surface area contributed by atoms with E-state index < -0.39 is 6.04 Å². The fraction of sp³-hybridized carbons (Fsp3) is 0.467. The van der Waals surface area contributed by atoms with Gasteiger partial charge in [-0.05, 0) is 31.0 Å². The summed E-state index contributed by atoms with van der Waals surface area (Å²) in [5.41, 5.74) is 7.42. The number of amides is 2. The van der Waals surface area contributed by atoms with Crippen molar-refractivity contribution in [2.24, 2.45) is 5.73 Å². The van der Waals surface area contributed by atoms with E-state index in [2.05, 4.69) is 10.6 Å². The normalized spacial score (nSPS) is 13.4. The van der Waals surface area contributed by atoms with Crippen molar-refractivity contribution in [2.75, 3.05) is 5.32 Å². The van der Waals surface area contributed by atoms with Crippen LogP contribution in [0.1, 0.15) is 45.2 Å². The molecule has 110 valence electrons. The van der Waals surface area contributed by atoms with E-state index in [1.165, 1.54) is 6.92 Å². The molecule has 0 heterocycles. The van der Waals surface area contributed by atoms with Crippen molar-refractivity contribution in [2.45, 2.75) is 45.7 Å². The second-order valence-electron chi connectivity index (χ2n) is 4.93. The lowest BCUT2D eigenvalue weighted by Crippen LogP contribution is -2.41. The van der Waals surface area contributed by atoms with E-state index >= 15 is 0 Å². The Labute approximate surface area is 119 Å². The van der Waals surface area contributed by atoms with E-state index in [9.17, 15) is 9.59 Å². The van der Waals surface area contributed by atoms with Crippen molar-refractivity contribution in [3.05, 3.63) is 29.8 Å². The largest absolute Gasteiger partial charge is 0.348 e. The topological polar surface area (TPSA) is 84.2 Å².